The van der Waals surface area contributed by atoms with Gasteiger partial charge in [0, 0.05) is 0 Å². The van der Waals surface area contributed by atoms with Gasteiger partial charge in [0.1, 0.15) is 0 Å². The van der Waals surface area contributed by atoms with E-state index in [-0.39, 0.29) is 5.66 Å². The first-order valence-electron chi connectivity index (χ1n) is 7.45. The van der Waals surface area contributed by atoms with Crippen LogP contribution in [-0.4, -0.2) is 29.1 Å². The first kappa shape index (κ1) is 14.5. The fraction of sp³-hybridized carbons (Fsp3) is 0.562. The van der Waals surface area contributed by atoms with Gasteiger partial charge in [-0.15, -0.1) is 0 Å². The van der Waals surface area contributed by atoms with Crippen LogP contribution in [0.25, 0.3) is 0 Å². The van der Waals surface area contributed by atoms with Gasteiger partial charge in [0.05, 0.1) is 0 Å². The molecule has 2 nitrogen and oxygen atoms in total. The Morgan fingerprint density at radius 3 is 2.37 bits per heavy atom. The number of carboxylic acid groups (broad SMARTS) is 1. The van der Waals surface area contributed by atoms with Gasteiger partial charge in [-0.3, -0.25) is 0 Å². The average molecular weight is 280 g/mol. The maximum absolute atomic E-state index is 11.7. The third kappa shape index (κ3) is 3.36. The van der Waals surface area contributed by atoms with E-state index in [2.05, 4.69) is 24.3 Å². The Labute approximate surface area is 116 Å². The molecule has 1 heterocycles. The molecule has 0 radical (unpaired) electrons. The van der Waals surface area contributed by atoms with Crippen molar-refractivity contribution in [1.82, 2.24) is 0 Å². The summed E-state index contributed by atoms with van der Waals surface area (Å²) >= 11 is 0. The predicted molar refractivity (Wildman–Crippen MR) is 83.8 cm³/mol. The van der Waals surface area contributed by atoms with Gasteiger partial charge in [-0.05, 0) is 0 Å². The van der Waals surface area contributed by atoms with Crippen LogP contribution in [0.2, 0.25) is 0 Å². The zero-order chi connectivity index (χ0) is 13.7. The van der Waals surface area contributed by atoms with Crippen molar-refractivity contribution < 1.29 is 9.90 Å². The van der Waals surface area contributed by atoms with Crippen molar-refractivity contribution >= 4 is 13.2 Å². The van der Waals surface area contributed by atoms with Gasteiger partial charge in [0.2, 0.25) is 0 Å². The van der Waals surface area contributed by atoms with Crippen molar-refractivity contribution in [1.29, 1.82) is 0 Å². The molecule has 1 N–H and O–H groups in total. The molecule has 1 aromatic rings. The molecule has 1 aromatic carbocycles. The molecule has 1 unspecified atom stereocenters. The summed E-state index contributed by atoms with van der Waals surface area (Å²) in [6.07, 6.45) is 8.03. The zero-order valence-electron chi connectivity index (χ0n) is 11.8. The van der Waals surface area contributed by atoms with Gasteiger partial charge in [-0.25, -0.2) is 0 Å². The second-order valence-corrected chi connectivity index (χ2v) is 10.7. The SMILES string of the molecule is CCC(C(=O)O)[PH]1(Cc2ccccc2)CCCCC1. The van der Waals surface area contributed by atoms with Crippen LogP contribution < -0.4 is 0 Å². The zero-order valence-corrected chi connectivity index (χ0v) is 12.8. The van der Waals surface area contributed by atoms with Crippen LogP contribution in [0.15, 0.2) is 30.3 Å². The third-order valence-electron chi connectivity index (χ3n) is 4.69. The third-order valence-corrected chi connectivity index (χ3v) is 10.6. The van der Waals surface area contributed by atoms with E-state index >= 15 is 0 Å². The molecule has 0 aromatic heterocycles. The minimum atomic E-state index is -1.72. The molecule has 3 heteroatoms. The molecule has 0 bridgehead atoms. The van der Waals surface area contributed by atoms with Crippen LogP contribution in [0, 0.1) is 0 Å². The molecule has 0 saturated carbocycles. The van der Waals surface area contributed by atoms with Crippen molar-refractivity contribution in [2.75, 3.05) is 12.3 Å². The van der Waals surface area contributed by atoms with Gasteiger partial charge in [0.25, 0.3) is 0 Å². The van der Waals surface area contributed by atoms with E-state index in [4.69, 9.17) is 0 Å². The van der Waals surface area contributed by atoms with E-state index in [9.17, 15) is 9.90 Å². The first-order valence-corrected chi connectivity index (χ1v) is 10.1. The molecule has 1 saturated heterocycles. The predicted octanol–water partition coefficient (Wildman–Crippen LogP) is 3.98. The summed E-state index contributed by atoms with van der Waals surface area (Å²) in [4.78, 5) is 11.7. The number of hydrogen-bond donors (Lipinski definition) is 1. The maximum atomic E-state index is 11.7. The van der Waals surface area contributed by atoms with E-state index in [1.165, 1.54) is 37.1 Å². The summed E-state index contributed by atoms with van der Waals surface area (Å²) < 4.78 is 0. The van der Waals surface area contributed by atoms with Crippen LogP contribution in [0.3, 0.4) is 0 Å². The number of hydrogen-bond acceptors (Lipinski definition) is 1. The van der Waals surface area contributed by atoms with Crippen molar-refractivity contribution in [3.63, 3.8) is 0 Å². The van der Waals surface area contributed by atoms with Gasteiger partial charge in [0.15, 0.2) is 0 Å². The van der Waals surface area contributed by atoms with E-state index in [1.807, 2.05) is 13.0 Å². The Morgan fingerprint density at radius 2 is 1.84 bits per heavy atom. The molecule has 0 spiro atoms. The van der Waals surface area contributed by atoms with Gasteiger partial charge < -0.3 is 0 Å². The van der Waals surface area contributed by atoms with Crippen LogP contribution in [-0.2, 0) is 11.0 Å². The summed E-state index contributed by atoms with van der Waals surface area (Å²) in [5.41, 5.74) is 1.28. The van der Waals surface area contributed by atoms with Crippen molar-refractivity contribution in [3.8, 4) is 0 Å². The average Bonchev–Trinajstić information content (AvgIpc) is 2.41. The summed E-state index contributed by atoms with van der Waals surface area (Å²) in [6, 6.07) is 10.5. The number of benzene rings is 1. The van der Waals surface area contributed by atoms with E-state index in [0.717, 1.165) is 12.6 Å². The van der Waals surface area contributed by atoms with E-state index in [1.54, 1.807) is 0 Å². The molecule has 1 atom stereocenters. The Bertz CT molecular complexity index is 410. The van der Waals surface area contributed by atoms with Crippen molar-refractivity contribution in [2.45, 2.75) is 44.4 Å². The number of carboxylic acids is 1. The second-order valence-electron chi connectivity index (χ2n) is 5.88. The molecule has 19 heavy (non-hydrogen) atoms. The van der Waals surface area contributed by atoms with Gasteiger partial charge in [-0.1, -0.05) is 0 Å². The molecule has 1 aliphatic rings. The summed E-state index contributed by atoms with van der Waals surface area (Å²) in [5, 5.41) is 9.60. The van der Waals surface area contributed by atoms with E-state index < -0.39 is 13.2 Å². The van der Waals surface area contributed by atoms with Crippen LogP contribution in [0.4, 0.5) is 0 Å². The standard InChI is InChI=1S/C16H25O2P/c1-2-15(16(17)18)19(11-7-4-8-12-19)13-14-9-5-3-6-10-14/h3,5-6,9-10,15,19H,2,4,7-8,11-13H2,1H3,(H,17,18). The molecular weight excluding hydrogens is 255 g/mol. The Balaban J connectivity index is 2.26. The number of rotatable bonds is 5. The summed E-state index contributed by atoms with van der Waals surface area (Å²) in [7, 11) is -1.72. The van der Waals surface area contributed by atoms with Gasteiger partial charge in [-0.2, -0.15) is 0 Å². The van der Waals surface area contributed by atoms with Gasteiger partial charge >= 0.3 is 116 Å². The summed E-state index contributed by atoms with van der Waals surface area (Å²) in [6.45, 7) is 2.05. The number of carbonyl (C=O) groups is 1. The molecule has 0 amide bonds. The Kier molecular flexibility index (Phi) is 4.99. The Hall–Kier alpha value is -0.880. The molecular formula is C16H25O2P. The fourth-order valence-corrected chi connectivity index (χ4v) is 9.67. The Morgan fingerprint density at radius 1 is 1.21 bits per heavy atom. The summed E-state index contributed by atoms with van der Waals surface area (Å²) in [5.74, 6) is -0.549. The van der Waals surface area contributed by atoms with Crippen molar-refractivity contribution in [3.05, 3.63) is 35.9 Å². The van der Waals surface area contributed by atoms with Crippen LogP contribution in [0.1, 0.15) is 38.2 Å². The topological polar surface area (TPSA) is 37.3 Å². The first-order chi connectivity index (χ1) is 9.18. The van der Waals surface area contributed by atoms with Crippen LogP contribution >= 0.6 is 7.26 Å². The van der Waals surface area contributed by atoms with Crippen LogP contribution in [0.5, 0.6) is 0 Å². The molecule has 1 fully saturated rings. The fourth-order valence-electron chi connectivity index (χ4n) is 3.78. The number of aliphatic carboxylic acids is 1. The quantitative estimate of drug-likeness (QED) is 0.828. The second kappa shape index (κ2) is 6.52. The molecule has 1 aliphatic heterocycles. The normalized spacial score (nSPS) is 21.5. The minimum absolute atomic E-state index is 0.0620. The molecule has 2 rings (SSSR count). The monoisotopic (exact) mass is 280 g/mol. The molecule has 106 valence electrons. The van der Waals surface area contributed by atoms with E-state index in [0.29, 0.717) is 0 Å². The van der Waals surface area contributed by atoms with Crippen molar-refractivity contribution in [2.24, 2.45) is 0 Å². The molecule has 0 aliphatic carbocycles.